The summed E-state index contributed by atoms with van der Waals surface area (Å²) >= 11 is 0. The number of nitrogens with zero attached hydrogens (tertiary/aromatic N) is 1. The molecule has 1 N–H and O–H groups in total. The minimum Gasteiger partial charge on any atom is -0.490 e. The Morgan fingerprint density at radius 2 is 1.76 bits per heavy atom. The van der Waals surface area contributed by atoms with Gasteiger partial charge in [0.05, 0.1) is 0 Å². The second kappa shape index (κ2) is 9.43. The van der Waals surface area contributed by atoms with Crippen LogP contribution in [0.4, 0.5) is 4.79 Å². The van der Waals surface area contributed by atoms with Crippen LogP contribution in [0, 0.1) is 0 Å². The SMILES string of the molecule is O=C(NC1CCN(Cc2ccccc2)C1)OCCOc1ccc2ccccc2c1. The van der Waals surface area contributed by atoms with Crippen LogP contribution in [-0.2, 0) is 11.3 Å². The molecule has 150 valence electrons. The van der Waals surface area contributed by atoms with E-state index in [1.165, 1.54) is 10.9 Å². The van der Waals surface area contributed by atoms with E-state index in [0.29, 0.717) is 6.61 Å². The van der Waals surface area contributed by atoms with E-state index in [-0.39, 0.29) is 18.7 Å². The number of fused-ring (bicyclic) bond motifs is 1. The highest BCUT2D eigenvalue weighted by atomic mass is 16.6. The molecular weight excluding hydrogens is 364 g/mol. The van der Waals surface area contributed by atoms with Gasteiger partial charge in [-0.1, -0.05) is 60.7 Å². The van der Waals surface area contributed by atoms with Crippen molar-refractivity contribution in [3.63, 3.8) is 0 Å². The Kier molecular flexibility index (Phi) is 6.27. The van der Waals surface area contributed by atoms with E-state index in [2.05, 4.69) is 46.6 Å². The smallest absolute Gasteiger partial charge is 0.407 e. The van der Waals surface area contributed by atoms with E-state index in [9.17, 15) is 4.79 Å². The summed E-state index contributed by atoms with van der Waals surface area (Å²) < 4.78 is 11.0. The molecule has 5 nitrogen and oxygen atoms in total. The molecule has 3 aromatic rings. The lowest BCUT2D eigenvalue weighted by molar-refractivity contribution is 0.122. The largest absolute Gasteiger partial charge is 0.490 e. The van der Waals surface area contributed by atoms with Crippen LogP contribution in [0.15, 0.2) is 72.8 Å². The van der Waals surface area contributed by atoms with Gasteiger partial charge in [0.15, 0.2) is 0 Å². The van der Waals surface area contributed by atoms with Crippen LogP contribution < -0.4 is 10.1 Å². The Balaban J connectivity index is 1.15. The third kappa shape index (κ3) is 5.48. The van der Waals surface area contributed by atoms with Gasteiger partial charge in [0.1, 0.15) is 19.0 Å². The molecule has 0 bridgehead atoms. The van der Waals surface area contributed by atoms with Crippen LogP contribution in [0.3, 0.4) is 0 Å². The molecule has 1 saturated heterocycles. The van der Waals surface area contributed by atoms with Gasteiger partial charge in [-0.3, -0.25) is 4.90 Å². The molecule has 1 amide bonds. The Bertz CT molecular complexity index is 945. The lowest BCUT2D eigenvalue weighted by atomic mass is 10.1. The van der Waals surface area contributed by atoms with E-state index in [1.54, 1.807) is 0 Å². The number of rotatable bonds is 7. The number of carbonyl (C=O) groups is 1. The molecule has 1 fully saturated rings. The van der Waals surface area contributed by atoms with Crippen molar-refractivity contribution in [3.8, 4) is 5.75 Å². The molecule has 29 heavy (non-hydrogen) atoms. The topological polar surface area (TPSA) is 50.8 Å². The highest BCUT2D eigenvalue weighted by molar-refractivity contribution is 5.83. The van der Waals surface area contributed by atoms with E-state index in [4.69, 9.17) is 9.47 Å². The van der Waals surface area contributed by atoms with Gasteiger partial charge in [0.2, 0.25) is 0 Å². The third-order valence-electron chi connectivity index (χ3n) is 5.15. The summed E-state index contributed by atoms with van der Waals surface area (Å²) in [4.78, 5) is 14.4. The van der Waals surface area contributed by atoms with Crippen LogP contribution in [0.1, 0.15) is 12.0 Å². The van der Waals surface area contributed by atoms with Gasteiger partial charge in [-0.2, -0.15) is 0 Å². The molecule has 3 aromatic carbocycles. The fourth-order valence-electron chi connectivity index (χ4n) is 3.70. The zero-order chi connectivity index (χ0) is 19.9. The summed E-state index contributed by atoms with van der Waals surface area (Å²) in [6, 6.07) is 24.6. The number of amides is 1. The van der Waals surface area contributed by atoms with Crippen molar-refractivity contribution in [2.75, 3.05) is 26.3 Å². The quantitative estimate of drug-likeness (QED) is 0.614. The molecule has 1 atom stereocenters. The minimum absolute atomic E-state index is 0.132. The number of nitrogens with one attached hydrogen (secondary N) is 1. The highest BCUT2D eigenvalue weighted by Crippen LogP contribution is 2.20. The third-order valence-corrected chi connectivity index (χ3v) is 5.15. The van der Waals surface area contributed by atoms with Gasteiger partial charge < -0.3 is 14.8 Å². The zero-order valence-corrected chi connectivity index (χ0v) is 16.4. The summed E-state index contributed by atoms with van der Waals surface area (Å²) in [5.74, 6) is 0.778. The first-order valence-corrected chi connectivity index (χ1v) is 10.1. The zero-order valence-electron chi connectivity index (χ0n) is 16.4. The number of ether oxygens (including phenoxy) is 2. The molecule has 0 aromatic heterocycles. The van der Waals surface area contributed by atoms with Crippen molar-refractivity contribution in [1.82, 2.24) is 10.2 Å². The molecule has 0 radical (unpaired) electrons. The van der Waals surface area contributed by atoms with E-state index < -0.39 is 0 Å². The van der Waals surface area contributed by atoms with Crippen LogP contribution in [0.2, 0.25) is 0 Å². The van der Waals surface area contributed by atoms with E-state index in [0.717, 1.165) is 37.2 Å². The fourth-order valence-corrected chi connectivity index (χ4v) is 3.70. The van der Waals surface area contributed by atoms with Gasteiger partial charge in [-0.25, -0.2) is 4.79 Å². The van der Waals surface area contributed by atoms with Gasteiger partial charge in [-0.05, 0) is 34.9 Å². The molecule has 1 unspecified atom stereocenters. The van der Waals surface area contributed by atoms with Crippen molar-refractivity contribution in [1.29, 1.82) is 0 Å². The number of hydrogen-bond acceptors (Lipinski definition) is 4. The van der Waals surface area contributed by atoms with Gasteiger partial charge >= 0.3 is 6.09 Å². The lowest BCUT2D eigenvalue weighted by Crippen LogP contribution is -2.37. The van der Waals surface area contributed by atoms with Crippen LogP contribution in [0.25, 0.3) is 10.8 Å². The van der Waals surface area contributed by atoms with Crippen molar-refractivity contribution < 1.29 is 14.3 Å². The van der Waals surface area contributed by atoms with Gasteiger partial charge in [-0.15, -0.1) is 0 Å². The average Bonchev–Trinajstić information content (AvgIpc) is 3.18. The lowest BCUT2D eigenvalue weighted by Gasteiger charge is -2.16. The van der Waals surface area contributed by atoms with Crippen LogP contribution in [-0.4, -0.2) is 43.3 Å². The molecule has 0 spiro atoms. The van der Waals surface area contributed by atoms with E-state index >= 15 is 0 Å². The van der Waals surface area contributed by atoms with Crippen molar-refractivity contribution in [2.24, 2.45) is 0 Å². The predicted octanol–water partition coefficient (Wildman–Crippen LogP) is 4.22. The number of carbonyl (C=O) groups excluding carboxylic acids is 1. The maximum Gasteiger partial charge on any atom is 0.407 e. The highest BCUT2D eigenvalue weighted by Gasteiger charge is 2.24. The standard InChI is InChI=1S/C24H26N2O3/c27-24(25-22-12-13-26(18-22)17-19-6-2-1-3-7-19)29-15-14-28-23-11-10-20-8-4-5-9-21(20)16-23/h1-11,16,22H,12-15,17-18H2,(H,25,27). The van der Waals surface area contributed by atoms with Crippen molar-refractivity contribution >= 4 is 16.9 Å². The number of hydrogen-bond donors (Lipinski definition) is 1. The molecule has 0 saturated carbocycles. The Labute approximate surface area is 171 Å². The normalized spacial score (nSPS) is 16.6. The van der Waals surface area contributed by atoms with Crippen LogP contribution in [0.5, 0.6) is 5.75 Å². The fraction of sp³-hybridized carbons (Fsp3) is 0.292. The molecular formula is C24H26N2O3. The van der Waals surface area contributed by atoms with Crippen molar-refractivity contribution in [2.45, 2.75) is 19.0 Å². The number of likely N-dealkylation sites (tertiary alicyclic amines) is 1. The maximum atomic E-state index is 12.0. The predicted molar refractivity (Wildman–Crippen MR) is 114 cm³/mol. The summed E-state index contributed by atoms with van der Waals surface area (Å²) in [5, 5.41) is 5.26. The molecule has 5 heteroatoms. The Morgan fingerprint density at radius 1 is 0.966 bits per heavy atom. The second-order valence-corrected chi connectivity index (χ2v) is 7.34. The first kappa shape index (κ1) is 19.3. The molecule has 0 aliphatic carbocycles. The molecule has 1 aliphatic rings. The molecule has 1 aliphatic heterocycles. The Hall–Kier alpha value is -3.05. The summed E-state index contributed by atoms with van der Waals surface area (Å²) in [5.41, 5.74) is 1.29. The Morgan fingerprint density at radius 3 is 2.62 bits per heavy atom. The van der Waals surface area contributed by atoms with Crippen LogP contribution >= 0.6 is 0 Å². The summed E-state index contributed by atoms with van der Waals surface area (Å²) in [6.07, 6.45) is 0.564. The summed E-state index contributed by atoms with van der Waals surface area (Å²) in [6.45, 7) is 3.28. The monoisotopic (exact) mass is 390 g/mol. The minimum atomic E-state index is -0.376. The first-order chi connectivity index (χ1) is 14.3. The van der Waals surface area contributed by atoms with E-state index in [1.807, 2.05) is 36.4 Å². The van der Waals surface area contributed by atoms with Gasteiger partial charge in [0, 0.05) is 25.7 Å². The van der Waals surface area contributed by atoms with Gasteiger partial charge in [0.25, 0.3) is 0 Å². The van der Waals surface area contributed by atoms with Crippen molar-refractivity contribution in [3.05, 3.63) is 78.4 Å². The number of benzene rings is 3. The second-order valence-electron chi connectivity index (χ2n) is 7.34. The first-order valence-electron chi connectivity index (χ1n) is 10.1. The maximum absolute atomic E-state index is 12.0. The summed E-state index contributed by atoms with van der Waals surface area (Å²) in [7, 11) is 0. The molecule has 1 heterocycles. The average molecular weight is 390 g/mol. The number of alkyl carbamates (subject to hydrolysis) is 1. The molecule has 4 rings (SSSR count).